The van der Waals surface area contributed by atoms with Crippen LogP contribution < -0.4 is 5.32 Å². The van der Waals surface area contributed by atoms with E-state index in [1.807, 2.05) is 0 Å². The molecule has 17 heavy (non-hydrogen) atoms. The Hall–Kier alpha value is -0.160. The number of ether oxygens (including phenoxy) is 2. The summed E-state index contributed by atoms with van der Waals surface area (Å²) in [5.41, 5.74) is 0. The van der Waals surface area contributed by atoms with Crippen molar-refractivity contribution in [1.29, 1.82) is 0 Å². The van der Waals surface area contributed by atoms with Crippen LogP contribution in [0.3, 0.4) is 0 Å². The lowest BCUT2D eigenvalue weighted by Crippen LogP contribution is -2.41. The Kier molecular flexibility index (Phi) is 5.71. The minimum Gasteiger partial charge on any atom is -0.376 e. The average molecular weight is 242 g/mol. The second kappa shape index (κ2) is 7.31. The molecular formula is C13H26N2O2. The topological polar surface area (TPSA) is 33.7 Å². The van der Waals surface area contributed by atoms with E-state index >= 15 is 0 Å². The van der Waals surface area contributed by atoms with Crippen molar-refractivity contribution in [3.8, 4) is 0 Å². The summed E-state index contributed by atoms with van der Waals surface area (Å²) in [4.78, 5) is 2.54. The molecule has 0 saturated carbocycles. The lowest BCUT2D eigenvalue weighted by atomic mass is 10.1. The average Bonchev–Trinajstić information content (AvgIpc) is 2.62. The van der Waals surface area contributed by atoms with E-state index in [0.717, 1.165) is 26.4 Å². The van der Waals surface area contributed by atoms with E-state index in [1.54, 1.807) is 0 Å². The molecule has 2 atom stereocenters. The van der Waals surface area contributed by atoms with Crippen LogP contribution in [0.15, 0.2) is 0 Å². The van der Waals surface area contributed by atoms with Gasteiger partial charge in [-0.3, -0.25) is 0 Å². The van der Waals surface area contributed by atoms with E-state index in [9.17, 15) is 0 Å². The van der Waals surface area contributed by atoms with Gasteiger partial charge in [-0.05, 0) is 38.9 Å². The summed E-state index contributed by atoms with van der Waals surface area (Å²) in [6.07, 6.45) is 4.13. The number of likely N-dealkylation sites (tertiary alicyclic amines) is 1. The molecule has 0 spiro atoms. The van der Waals surface area contributed by atoms with Crippen molar-refractivity contribution in [1.82, 2.24) is 10.2 Å². The molecule has 0 aromatic heterocycles. The third-order valence-corrected chi connectivity index (χ3v) is 3.79. The number of hydrogen-bond donors (Lipinski definition) is 1. The standard InChI is InChI=1S/C13H26N2O2/c1-2-15-6-3-4-12(5-7-15)14-10-13-11-16-8-9-17-13/h12-14H,2-11H2,1H3. The molecule has 4 heteroatoms. The van der Waals surface area contributed by atoms with Gasteiger partial charge in [-0.25, -0.2) is 0 Å². The minimum absolute atomic E-state index is 0.259. The van der Waals surface area contributed by atoms with Crippen LogP contribution in [0.25, 0.3) is 0 Å². The van der Waals surface area contributed by atoms with Crippen LogP contribution in [-0.2, 0) is 9.47 Å². The third kappa shape index (κ3) is 4.54. The molecule has 0 amide bonds. The van der Waals surface area contributed by atoms with Crippen LogP contribution in [0, 0.1) is 0 Å². The van der Waals surface area contributed by atoms with E-state index in [0.29, 0.717) is 6.04 Å². The molecule has 2 heterocycles. The molecule has 2 aliphatic rings. The second-order valence-electron chi connectivity index (χ2n) is 5.04. The monoisotopic (exact) mass is 242 g/mol. The van der Waals surface area contributed by atoms with Gasteiger partial charge < -0.3 is 19.7 Å². The maximum Gasteiger partial charge on any atom is 0.0933 e. The summed E-state index contributed by atoms with van der Waals surface area (Å²) in [7, 11) is 0. The molecule has 2 unspecified atom stereocenters. The molecule has 1 N–H and O–H groups in total. The SMILES string of the molecule is CCN1CCCC(NCC2COCCO2)CC1. The van der Waals surface area contributed by atoms with Crippen molar-refractivity contribution in [2.45, 2.75) is 38.3 Å². The molecule has 2 rings (SSSR count). The van der Waals surface area contributed by atoms with Crippen LogP contribution in [0.4, 0.5) is 0 Å². The predicted octanol–water partition coefficient (Wildman–Crippen LogP) is 0.866. The van der Waals surface area contributed by atoms with Gasteiger partial charge in [-0.15, -0.1) is 0 Å². The van der Waals surface area contributed by atoms with Gasteiger partial charge in [0.05, 0.1) is 25.9 Å². The highest BCUT2D eigenvalue weighted by atomic mass is 16.6. The molecule has 2 fully saturated rings. The maximum absolute atomic E-state index is 5.64. The summed E-state index contributed by atoms with van der Waals surface area (Å²) in [5, 5.41) is 3.64. The van der Waals surface area contributed by atoms with Crippen molar-refractivity contribution in [2.24, 2.45) is 0 Å². The highest BCUT2D eigenvalue weighted by Crippen LogP contribution is 2.11. The molecule has 0 bridgehead atoms. The van der Waals surface area contributed by atoms with Crippen LogP contribution in [0.1, 0.15) is 26.2 Å². The molecule has 0 aromatic rings. The predicted molar refractivity (Wildman–Crippen MR) is 68.3 cm³/mol. The Morgan fingerprint density at radius 2 is 2.18 bits per heavy atom. The smallest absolute Gasteiger partial charge is 0.0933 e. The van der Waals surface area contributed by atoms with Crippen molar-refractivity contribution in [3.63, 3.8) is 0 Å². The van der Waals surface area contributed by atoms with E-state index in [-0.39, 0.29) is 6.10 Å². The fourth-order valence-corrected chi connectivity index (χ4v) is 2.63. The Morgan fingerprint density at radius 3 is 2.94 bits per heavy atom. The molecule has 4 nitrogen and oxygen atoms in total. The van der Waals surface area contributed by atoms with Crippen molar-refractivity contribution >= 4 is 0 Å². The number of nitrogens with one attached hydrogen (secondary N) is 1. The highest BCUT2D eigenvalue weighted by molar-refractivity contribution is 4.76. The van der Waals surface area contributed by atoms with Crippen LogP contribution in [0.5, 0.6) is 0 Å². The van der Waals surface area contributed by atoms with E-state index in [4.69, 9.17) is 9.47 Å². The lowest BCUT2D eigenvalue weighted by molar-refractivity contribution is -0.0871. The summed E-state index contributed by atoms with van der Waals surface area (Å²) >= 11 is 0. The summed E-state index contributed by atoms with van der Waals surface area (Å²) < 4.78 is 11.1. The first-order valence-electron chi connectivity index (χ1n) is 7.03. The molecule has 0 aromatic carbocycles. The zero-order valence-electron chi connectivity index (χ0n) is 11.0. The van der Waals surface area contributed by atoms with Gasteiger partial charge in [-0.2, -0.15) is 0 Å². The number of hydrogen-bond acceptors (Lipinski definition) is 4. The van der Waals surface area contributed by atoms with Gasteiger partial charge in [0.2, 0.25) is 0 Å². The van der Waals surface area contributed by atoms with Crippen molar-refractivity contribution in [2.75, 3.05) is 46.0 Å². The quantitative estimate of drug-likeness (QED) is 0.793. The Balaban J connectivity index is 1.64. The lowest BCUT2D eigenvalue weighted by Gasteiger charge is -2.25. The van der Waals surface area contributed by atoms with Gasteiger partial charge in [0.1, 0.15) is 0 Å². The van der Waals surface area contributed by atoms with Gasteiger partial charge in [0, 0.05) is 12.6 Å². The summed E-state index contributed by atoms with van der Waals surface area (Å²) in [5.74, 6) is 0. The first-order valence-corrected chi connectivity index (χ1v) is 7.03. The molecule has 0 aliphatic carbocycles. The number of nitrogens with zero attached hydrogens (tertiary/aromatic N) is 1. The second-order valence-corrected chi connectivity index (χ2v) is 5.04. The van der Waals surface area contributed by atoms with Gasteiger partial charge in [-0.1, -0.05) is 6.92 Å². The van der Waals surface area contributed by atoms with Crippen LogP contribution >= 0.6 is 0 Å². The molecule has 100 valence electrons. The zero-order chi connectivity index (χ0) is 11.9. The zero-order valence-corrected chi connectivity index (χ0v) is 11.0. The Bertz CT molecular complexity index is 208. The largest absolute Gasteiger partial charge is 0.376 e. The van der Waals surface area contributed by atoms with Crippen LogP contribution in [0.2, 0.25) is 0 Å². The molecule has 2 saturated heterocycles. The van der Waals surface area contributed by atoms with Gasteiger partial charge in [0.25, 0.3) is 0 Å². The van der Waals surface area contributed by atoms with E-state index < -0.39 is 0 Å². The fourth-order valence-electron chi connectivity index (χ4n) is 2.63. The first-order chi connectivity index (χ1) is 8.38. The highest BCUT2D eigenvalue weighted by Gasteiger charge is 2.19. The van der Waals surface area contributed by atoms with Crippen molar-refractivity contribution in [3.05, 3.63) is 0 Å². The normalized spacial score (nSPS) is 32.3. The summed E-state index contributed by atoms with van der Waals surface area (Å²) in [6.45, 7) is 9.13. The maximum atomic E-state index is 5.64. The Labute approximate surface area is 105 Å². The molecule has 0 radical (unpaired) electrons. The van der Waals surface area contributed by atoms with Crippen LogP contribution in [-0.4, -0.2) is 63.0 Å². The fraction of sp³-hybridized carbons (Fsp3) is 1.00. The van der Waals surface area contributed by atoms with E-state index in [1.165, 1.54) is 38.9 Å². The molecular weight excluding hydrogens is 216 g/mol. The Morgan fingerprint density at radius 1 is 1.24 bits per heavy atom. The van der Waals surface area contributed by atoms with Gasteiger partial charge in [0.15, 0.2) is 0 Å². The van der Waals surface area contributed by atoms with Crippen molar-refractivity contribution < 1.29 is 9.47 Å². The number of rotatable bonds is 4. The first kappa shape index (κ1) is 13.3. The minimum atomic E-state index is 0.259. The van der Waals surface area contributed by atoms with Gasteiger partial charge >= 0.3 is 0 Å². The summed E-state index contributed by atoms with van der Waals surface area (Å²) in [6, 6.07) is 0.664. The van der Waals surface area contributed by atoms with E-state index in [2.05, 4.69) is 17.1 Å². The third-order valence-electron chi connectivity index (χ3n) is 3.79. The molecule has 2 aliphatic heterocycles.